The molecule has 1 aromatic carbocycles. The fraction of sp³-hybridized carbons (Fsp3) is 0.556. The van der Waals surface area contributed by atoms with Gasteiger partial charge in [-0.2, -0.15) is 0 Å². The van der Waals surface area contributed by atoms with E-state index in [1.807, 2.05) is 49.3 Å². The third kappa shape index (κ3) is 6.45. The number of Topliss-reactive ketones (excluding diaryl/α,β-unsaturated/α-hetero) is 1. The van der Waals surface area contributed by atoms with Crippen LogP contribution in [-0.4, -0.2) is 18.1 Å². The first kappa shape index (κ1) is 26.6. The monoisotopic (exact) mass is 475 g/mol. The van der Waals surface area contributed by atoms with Gasteiger partial charge in [0.2, 0.25) is 0 Å². The Kier molecular flexibility index (Phi) is 9.97. The summed E-state index contributed by atoms with van der Waals surface area (Å²) in [6.07, 6.45) is 8.83. The molecule has 176 valence electrons. The molecule has 1 fully saturated rings. The lowest BCUT2D eigenvalue weighted by Gasteiger charge is -2.42. The van der Waals surface area contributed by atoms with Gasteiger partial charge in [-0.05, 0) is 82.4 Å². The minimum Gasteiger partial charge on any atom is -0.371 e. The Balaban J connectivity index is 0.000000304. The number of thiophene rings is 1. The topological polar surface area (TPSA) is 46.2 Å². The van der Waals surface area contributed by atoms with Crippen molar-refractivity contribution in [1.82, 2.24) is 0 Å². The fourth-order valence-corrected chi connectivity index (χ4v) is 6.83. The molecular formula is C27H38ClNO2S. The van der Waals surface area contributed by atoms with Crippen LogP contribution in [0, 0.1) is 18.8 Å². The molecule has 5 heteroatoms. The smallest absolute Gasteiger partial charge is 0.163 e. The average molecular weight is 476 g/mol. The number of halogens is 1. The van der Waals surface area contributed by atoms with E-state index in [1.165, 1.54) is 42.5 Å². The molecule has 3 nitrogen and oxygen atoms in total. The summed E-state index contributed by atoms with van der Waals surface area (Å²) in [4.78, 5) is 21.6. The number of rotatable bonds is 4. The number of nitrogens with one attached hydrogen (secondary N) is 1. The Hall–Kier alpha value is -1.65. The van der Waals surface area contributed by atoms with Crippen LogP contribution < -0.4 is 5.32 Å². The molecule has 0 saturated heterocycles. The summed E-state index contributed by atoms with van der Waals surface area (Å²) in [5.41, 5.74) is 3.53. The van der Waals surface area contributed by atoms with Crippen LogP contribution in [0.2, 0.25) is 5.02 Å². The molecule has 1 heterocycles. The molecule has 0 bridgehead atoms. The maximum absolute atomic E-state index is 12.2. The van der Waals surface area contributed by atoms with Gasteiger partial charge >= 0.3 is 0 Å². The highest BCUT2D eigenvalue weighted by molar-refractivity contribution is 7.16. The van der Waals surface area contributed by atoms with E-state index >= 15 is 0 Å². The zero-order chi connectivity index (χ0) is 23.9. The Morgan fingerprint density at radius 1 is 1.12 bits per heavy atom. The summed E-state index contributed by atoms with van der Waals surface area (Å²) in [7, 11) is 0. The number of ketones is 1. The summed E-state index contributed by atoms with van der Waals surface area (Å²) >= 11 is 7.55. The summed E-state index contributed by atoms with van der Waals surface area (Å²) in [6.45, 7) is 12.8. The normalized spacial score (nSPS) is 19.7. The third-order valence-electron chi connectivity index (χ3n) is 6.82. The molecule has 1 saturated carbocycles. The highest BCUT2D eigenvalue weighted by Gasteiger charge is 2.36. The van der Waals surface area contributed by atoms with E-state index in [1.54, 1.807) is 6.92 Å². The second-order valence-corrected chi connectivity index (χ2v) is 11.1. The maximum atomic E-state index is 12.2. The second-order valence-electron chi connectivity index (χ2n) is 9.58. The number of fused-ring (bicyclic) bond motifs is 1. The molecule has 0 amide bonds. The van der Waals surface area contributed by atoms with Crippen molar-refractivity contribution in [2.45, 2.75) is 85.1 Å². The van der Waals surface area contributed by atoms with Crippen molar-refractivity contribution in [3.05, 3.63) is 50.9 Å². The second kappa shape index (κ2) is 12.0. The Bertz CT molecular complexity index is 884. The van der Waals surface area contributed by atoms with Crippen molar-refractivity contribution in [3.8, 4) is 0 Å². The van der Waals surface area contributed by atoms with Crippen LogP contribution in [0.5, 0.6) is 0 Å². The first-order valence-corrected chi connectivity index (χ1v) is 12.8. The maximum Gasteiger partial charge on any atom is 0.163 e. The molecule has 2 atom stereocenters. The van der Waals surface area contributed by atoms with Crippen LogP contribution >= 0.6 is 22.9 Å². The average Bonchev–Trinajstić information content (AvgIpc) is 3.32. The predicted molar refractivity (Wildman–Crippen MR) is 138 cm³/mol. The molecular weight excluding hydrogens is 438 g/mol. The van der Waals surface area contributed by atoms with Gasteiger partial charge < -0.3 is 10.1 Å². The molecule has 2 aromatic rings. The van der Waals surface area contributed by atoms with Crippen molar-refractivity contribution in [2.75, 3.05) is 5.32 Å². The molecule has 4 rings (SSSR count). The van der Waals surface area contributed by atoms with Gasteiger partial charge in [-0.15, -0.1) is 11.3 Å². The molecule has 0 spiro atoms. The van der Waals surface area contributed by atoms with Crippen LogP contribution in [-0.2, 0) is 17.6 Å². The Morgan fingerprint density at radius 3 is 2.34 bits per heavy atom. The summed E-state index contributed by atoms with van der Waals surface area (Å²) in [5.74, 6) is 1.69. The van der Waals surface area contributed by atoms with Gasteiger partial charge in [0.25, 0.3) is 0 Å². The van der Waals surface area contributed by atoms with E-state index in [0.29, 0.717) is 5.92 Å². The highest BCUT2D eigenvalue weighted by Crippen LogP contribution is 2.44. The van der Waals surface area contributed by atoms with Crippen LogP contribution in [0.15, 0.2) is 24.3 Å². The number of benzene rings is 1. The number of hydrogen-bond acceptors (Lipinski definition) is 4. The Morgan fingerprint density at radius 2 is 1.78 bits per heavy atom. The molecule has 1 aromatic heterocycles. The lowest BCUT2D eigenvalue weighted by atomic mass is 9.70. The van der Waals surface area contributed by atoms with E-state index in [0.717, 1.165) is 39.9 Å². The van der Waals surface area contributed by atoms with Crippen molar-refractivity contribution in [2.24, 2.45) is 11.8 Å². The van der Waals surface area contributed by atoms with Gasteiger partial charge in [-0.3, -0.25) is 4.79 Å². The number of aryl methyl sites for hydroxylation is 2. The van der Waals surface area contributed by atoms with E-state index in [4.69, 9.17) is 16.4 Å². The summed E-state index contributed by atoms with van der Waals surface area (Å²) in [6, 6.07) is 7.77. The molecule has 1 N–H and O–H groups in total. The zero-order valence-corrected chi connectivity index (χ0v) is 21.8. The summed E-state index contributed by atoms with van der Waals surface area (Å²) in [5, 5.41) is 5.77. The molecule has 2 aliphatic carbocycles. The Labute approximate surface area is 203 Å². The van der Waals surface area contributed by atoms with Gasteiger partial charge in [-0.25, -0.2) is 0 Å². The van der Waals surface area contributed by atoms with Crippen LogP contribution in [0.4, 0.5) is 5.00 Å². The van der Waals surface area contributed by atoms with Crippen LogP contribution in [0.3, 0.4) is 0 Å². The summed E-state index contributed by atoms with van der Waals surface area (Å²) < 4.78 is 0. The van der Waals surface area contributed by atoms with Crippen molar-refractivity contribution in [1.29, 1.82) is 0 Å². The largest absolute Gasteiger partial charge is 0.371 e. The SMILES string of the molecule is C=O.CC(=O)c1c(NC(C)(C)C2CCCCC2C)sc2c1CCC2.Cc1ccccc1Cl. The standard InChI is InChI=1S/C19H29NOS.C7H7Cl.CH2O/c1-12-8-5-6-10-15(12)19(3,4)20-18-17(13(2)21)14-9-7-11-16(14)22-18;1-6-4-2-3-5-7(6)8;1-2/h12,15,20H,5-11H2,1-4H3;2-5H,1H3;1H2. The van der Waals surface area contributed by atoms with E-state index in [-0.39, 0.29) is 11.3 Å². The van der Waals surface area contributed by atoms with E-state index in [2.05, 4.69) is 26.1 Å². The quantitative estimate of drug-likeness (QED) is 0.456. The molecule has 32 heavy (non-hydrogen) atoms. The van der Waals surface area contributed by atoms with Crippen molar-refractivity contribution >= 4 is 40.5 Å². The van der Waals surface area contributed by atoms with Crippen LogP contribution in [0.25, 0.3) is 0 Å². The number of hydrogen-bond donors (Lipinski definition) is 1. The highest BCUT2D eigenvalue weighted by atomic mass is 35.5. The zero-order valence-electron chi connectivity index (χ0n) is 20.2. The molecule has 2 aliphatic rings. The molecule has 2 unspecified atom stereocenters. The lowest BCUT2D eigenvalue weighted by Crippen LogP contribution is -2.44. The van der Waals surface area contributed by atoms with Crippen molar-refractivity contribution < 1.29 is 9.59 Å². The van der Waals surface area contributed by atoms with Gasteiger partial charge in [-0.1, -0.05) is 56.0 Å². The minimum atomic E-state index is 0.0582. The minimum absolute atomic E-state index is 0.0582. The van der Waals surface area contributed by atoms with Gasteiger partial charge in [0, 0.05) is 15.4 Å². The first-order valence-electron chi connectivity index (χ1n) is 11.6. The predicted octanol–water partition coefficient (Wildman–Crippen LogP) is 7.92. The number of anilines is 1. The van der Waals surface area contributed by atoms with E-state index < -0.39 is 0 Å². The third-order valence-corrected chi connectivity index (χ3v) is 8.46. The molecule has 0 radical (unpaired) electrons. The van der Waals surface area contributed by atoms with Crippen molar-refractivity contribution in [3.63, 3.8) is 0 Å². The van der Waals surface area contributed by atoms with Crippen LogP contribution in [0.1, 0.15) is 86.2 Å². The molecule has 0 aliphatic heterocycles. The van der Waals surface area contributed by atoms with Gasteiger partial charge in [0.1, 0.15) is 11.8 Å². The van der Waals surface area contributed by atoms with E-state index in [9.17, 15) is 4.79 Å². The number of carbonyl (C=O) groups excluding carboxylic acids is 2. The first-order chi connectivity index (χ1) is 15.2. The van der Waals surface area contributed by atoms with Gasteiger partial charge in [0.05, 0.1) is 5.56 Å². The van der Waals surface area contributed by atoms with Gasteiger partial charge in [0.15, 0.2) is 5.78 Å². The number of carbonyl (C=O) groups is 2. The lowest BCUT2D eigenvalue weighted by molar-refractivity contribution is -0.0980. The fourth-order valence-electron chi connectivity index (χ4n) is 5.19.